The average Bonchev–Trinajstić information content (AvgIpc) is 3.00. The standard InChI is InChI=1S/C15H16BrFN2S/c1-2-18-14(10-8-9(16)6-7-11(10)17)15-19-12-4-3-5-13(12)20-15/h6-8,14,18H,2-5H2,1H3. The van der Waals surface area contributed by atoms with Crippen molar-refractivity contribution in [2.45, 2.75) is 32.2 Å². The normalized spacial score (nSPS) is 15.3. The van der Waals surface area contributed by atoms with Crippen LogP contribution in [-0.4, -0.2) is 11.5 Å². The number of hydrogen-bond acceptors (Lipinski definition) is 3. The number of nitrogens with zero attached hydrogens (tertiary/aromatic N) is 1. The maximum atomic E-state index is 14.1. The molecule has 1 aromatic carbocycles. The highest BCUT2D eigenvalue weighted by Gasteiger charge is 2.24. The molecule has 0 radical (unpaired) electrons. The van der Waals surface area contributed by atoms with E-state index in [-0.39, 0.29) is 11.9 Å². The number of fused-ring (bicyclic) bond motifs is 1. The fourth-order valence-corrected chi connectivity index (χ4v) is 4.23. The number of aromatic nitrogens is 1. The quantitative estimate of drug-likeness (QED) is 0.888. The highest BCUT2D eigenvalue weighted by molar-refractivity contribution is 9.10. The SMILES string of the molecule is CCNC(c1nc2c(s1)CCC2)c1cc(Br)ccc1F. The Balaban J connectivity index is 2.01. The van der Waals surface area contributed by atoms with E-state index in [2.05, 4.69) is 21.2 Å². The van der Waals surface area contributed by atoms with E-state index >= 15 is 0 Å². The van der Waals surface area contributed by atoms with Crippen molar-refractivity contribution in [2.75, 3.05) is 6.54 Å². The van der Waals surface area contributed by atoms with Crippen LogP contribution in [-0.2, 0) is 12.8 Å². The lowest BCUT2D eigenvalue weighted by molar-refractivity contribution is 0.556. The van der Waals surface area contributed by atoms with Gasteiger partial charge < -0.3 is 5.32 Å². The number of thiazole rings is 1. The van der Waals surface area contributed by atoms with Crippen LogP contribution in [0.5, 0.6) is 0 Å². The van der Waals surface area contributed by atoms with E-state index in [1.54, 1.807) is 17.4 Å². The zero-order valence-corrected chi connectivity index (χ0v) is 13.7. The molecule has 0 amide bonds. The summed E-state index contributed by atoms with van der Waals surface area (Å²) in [5.41, 5.74) is 1.87. The van der Waals surface area contributed by atoms with Crippen LogP contribution in [0.25, 0.3) is 0 Å². The first kappa shape index (κ1) is 14.2. The second-order valence-electron chi connectivity index (χ2n) is 4.93. The minimum absolute atomic E-state index is 0.159. The van der Waals surface area contributed by atoms with E-state index in [9.17, 15) is 4.39 Å². The van der Waals surface area contributed by atoms with Gasteiger partial charge in [0.25, 0.3) is 0 Å². The summed E-state index contributed by atoms with van der Waals surface area (Å²) < 4.78 is 15.0. The Labute approximate surface area is 130 Å². The Bertz CT molecular complexity index is 605. The molecule has 1 unspecified atom stereocenters. The molecule has 0 saturated heterocycles. The van der Waals surface area contributed by atoms with Gasteiger partial charge in [-0.15, -0.1) is 11.3 Å². The fraction of sp³-hybridized carbons (Fsp3) is 0.400. The molecule has 5 heteroatoms. The molecule has 20 heavy (non-hydrogen) atoms. The number of nitrogens with one attached hydrogen (secondary N) is 1. The van der Waals surface area contributed by atoms with Crippen molar-refractivity contribution in [3.05, 3.63) is 49.6 Å². The van der Waals surface area contributed by atoms with Crippen LogP contribution in [0.1, 0.15) is 40.5 Å². The summed E-state index contributed by atoms with van der Waals surface area (Å²) in [6.45, 7) is 2.81. The van der Waals surface area contributed by atoms with Crippen molar-refractivity contribution in [3.63, 3.8) is 0 Å². The van der Waals surface area contributed by atoms with Gasteiger partial charge in [-0.2, -0.15) is 0 Å². The van der Waals surface area contributed by atoms with E-state index in [1.807, 2.05) is 13.0 Å². The Kier molecular flexibility index (Phi) is 4.19. The van der Waals surface area contributed by atoms with Crippen LogP contribution in [0.2, 0.25) is 0 Å². The Morgan fingerprint density at radius 1 is 1.45 bits per heavy atom. The average molecular weight is 355 g/mol. The largest absolute Gasteiger partial charge is 0.304 e. The number of benzene rings is 1. The van der Waals surface area contributed by atoms with Crippen LogP contribution >= 0.6 is 27.3 Å². The van der Waals surface area contributed by atoms with Crippen LogP contribution < -0.4 is 5.32 Å². The van der Waals surface area contributed by atoms with E-state index in [0.29, 0.717) is 5.56 Å². The highest BCUT2D eigenvalue weighted by atomic mass is 79.9. The van der Waals surface area contributed by atoms with E-state index in [0.717, 1.165) is 28.9 Å². The zero-order valence-electron chi connectivity index (χ0n) is 11.2. The number of halogens is 2. The van der Waals surface area contributed by atoms with Gasteiger partial charge in [0.05, 0.1) is 11.7 Å². The van der Waals surface area contributed by atoms with Crippen molar-refractivity contribution in [1.29, 1.82) is 0 Å². The molecule has 1 aliphatic rings. The van der Waals surface area contributed by atoms with Crippen LogP contribution in [0, 0.1) is 5.82 Å². The molecule has 2 aromatic rings. The number of hydrogen-bond donors (Lipinski definition) is 1. The molecule has 1 aliphatic carbocycles. The smallest absolute Gasteiger partial charge is 0.128 e. The first-order chi connectivity index (χ1) is 9.69. The van der Waals surface area contributed by atoms with Gasteiger partial charge >= 0.3 is 0 Å². The third-order valence-corrected chi connectivity index (χ3v) is 5.25. The first-order valence-corrected chi connectivity index (χ1v) is 8.46. The number of rotatable bonds is 4. The van der Waals surface area contributed by atoms with Crippen molar-refractivity contribution in [3.8, 4) is 0 Å². The minimum Gasteiger partial charge on any atom is -0.304 e. The topological polar surface area (TPSA) is 24.9 Å². The monoisotopic (exact) mass is 354 g/mol. The lowest BCUT2D eigenvalue weighted by atomic mass is 10.1. The molecule has 0 fully saturated rings. The van der Waals surface area contributed by atoms with Crippen LogP contribution in [0.3, 0.4) is 0 Å². The molecule has 0 saturated carbocycles. The van der Waals surface area contributed by atoms with Crippen LogP contribution in [0.4, 0.5) is 4.39 Å². The van der Waals surface area contributed by atoms with Gasteiger partial charge in [0.1, 0.15) is 10.8 Å². The zero-order chi connectivity index (χ0) is 14.1. The molecular weight excluding hydrogens is 339 g/mol. The Morgan fingerprint density at radius 2 is 2.30 bits per heavy atom. The molecular formula is C15H16BrFN2S. The van der Waals surface area contributed by atoms with Crippen LogP contribution in [0.15, 0.2) is 22.7 Å². The summed E-state index contributed by atoms with van der Waals surface area (Å²) in [5, 5.41) is 4.34. The summed E-state index contributed by atoms with van der Waals surface area (Å²) in [5.74, 6) is -0.186. The van der Waals surface area contributed by atoms with Gasteiger partial charge in [0.2, 0.25) is 0 Å². The van der Waals surface area contributed by atoms with Crippen molar-refractivity contribution < 1.29 is 4.39 Å². The lowest BCUT2D eigenvalue weighted by Gasteiger charge is -2.17. The molecule has 1 N–H and O–H groups in total. The summed E-state index contributed by atoms with van der Waals surface area (Å²) in [7, 11) is 0. The second-order valence-corrected chi connectivity index (χ2v) is 6.96. The molecule has 0 bridgehead atoms. The van der Waals surface area contributed by atoms with E-state index < -0.39 is 0 Å². The number of aryl methyl sites for hydroxylation is 2. The molecule has 0 aliphatic heterocycles. The summed E-state index contributed by atoms with van der Waals surface area (Å²) in [6.07, 6.45) is 3.38. The molecule has 1 atom stereocenters. The van der Waals surface area contributed by atoms with E-state index in [1.165, 1.54) is 23.1 Å². The fourth-order valence-electron chi connectivity index (χ4n) is 2.60. The van der Waals surface area contributed by atoms with Gasteiger partial charge in [-0.25, -0.2) is 9.37 Å². The van der Waals surface area contributed by atoms with Gasteiger partial charge in [-0.05, 0) is 44.0 Å². The molecule has 1 heterocycles. The summed E-state index contributed by atoms with van der Waals surface area (Å²) in [6, 6.07) is 4.91. The Hall–Kier alpha value is -0.780. The second kappa shape index (κ2) is 5.92. The lowest BCUT2D eigenvalue weighted by Crippen LogP contribution is -2.23. The van der Waals surface area contributed by atoms with Crippen molar-refractivity contribution in [1.82, 2.24) is 10.3 Å². The Morgan fingerprint density at radius 3 is 3.05 bits per heavy atom. The molecule has 1 aromatic heterocycles. The summed E-state index contributed by atoms with van der Waals surface area (Å²) in [4.78, 5) is 6.10. The van der Waals surface area contributed by atoms with Gasteiger partial charge in [0, 0.05) is 14.9 Å². The predicted octanol–water partition coefficient (Wildman–Crippen LogP) is 4.23. The first-order valence-electron chi connectivity index (χ1n) is 6.86. The predicted molar refractivity (Wildman–Crippen MR) is 83.8 cm³/mol. The molecule has 2 nitrogen and oxygen atoms in total. The van der Waals surface area contributed by atoms with E-state index in [4.69, 9.17) is 4.98 Å². The van der Waals surface area contributed by atoms with Crippen molar-refractivity contribution in [2.24, 2.45) is 0 Å². The molecule has 3 rings (SSSR count). The van der Waals surface area contributed by atoms with Crippen molar-refractivity contribution >= 4 is 27.3 Å². The molecule has 0 spiro atoms. The summed E-state index contributed by atoms with van der Waals surface area (Å²) >= 11 is 5.15. The maximum Gasteiger partial charge on any atom is 0.128 e. The minimum atomic E-state index is -0.186. The third kappa shape index (κ3) is 2.67. The van der Waals surface area contributed by atoms with Gasteiger partial charge in [-0.1, -0.05) is 22.9 Å². The highest BCUT2D eigenvalue weighted by Crippen LogP contribution is 2.34. The van der Waals surface area contributed by atoms with Gasteiger partial charge in [-0.3, -0.25) is 0 Å². The third-order valence-electron chi connectivity index (χ3n) is 3.54. The van der Waals surface area contributed by atoms with Gasteiger partial charge in [0.15, 0.2) is 0 Å². The maximum absolute atomic E-state index is 14.1. The molecule has 106 valence electrons.